The largest absolute Gasteiger partial charge is 0.481 e. The number of carbonyl (C=O) groups is 2. The summed E-state index contributed by atoms with van der Waals surface area (Å²) in [5.41, 5.74) is 0. The van der Waals surface area contributed by atoms with Gasteiger partial charge in [-0.15, -0.1) is 0 Å². The van der Waals surface area contributed by atoms with Crippen molar-refractivity contribution in [2.45, 2.75) is 38.3 Å². The van der Waals surface area contributed by atoms with E-state index in [-0.39, 0.29) is 25.0 Å². The summed E-state index contributed by atoms with van der Waals surface area (Å²) in [5, 5.41) is 17.9. The Balaban J connectivity index is 1.89. The minimum Gasteiger partial charge on any atom is -0.481 e. The third-order valence-electron chi connectivity index (χ3n) is 3.17. The van der Waals surface area contributed by atoms with Crippen molar-refractivity contribution >= 4 is 12.0 Å². The summed E-state index contributed by atoms with van der Waals surface area (Å²) in [6, 6.07) is -0.469. The number of carboxylic acids is 1. The molecule has 8 heteroatoms. The fourth-order valence-corrected chi connectivity index (χ4v) is 2.26. The zero-order valence-corrected chi connectivity index (χ0v) is 10.5. The van der Waals surface area contributed by atoms with Crippen LogP contribution < -0.4 is 5.32 Å². The highest BCUT2D eigenvalue weighted by Gasteiger charge is 2.28. The maximum Gasteiger partial charge on any atom is 0.318 e. The molecule has 1 saturated heterocycles. The van der Waals surface area contributed by atoms with Gasteiger partial charge in [-0.3, -0.25) is 9.89 Å². The number of H-pyrrole nitrogens is 1. The van der Waals surface area contributed by atoms with Gasteiger partial charge in [0.05, 0.1) is 13.0 Å². The van der Waals surface area contributed by atoms with E-state index in [1.54, 1.807) is 4.90 Å². The van der Waals surface area contributed by atoms with Gasteiger partial charge in [0, 0.05) is 12.6 Å². The number of carbonyl (C=O) groups excluding carboxylic acids is 1. The number of carboxylic acid groups (broad SMARTS) is 1. The van der Waals surface area contributed by atoms with Crippen LogP contribution >= 0.6 is 0 Å². The molecule has 1 aliphatic heterocycles. The normalized spacial score (nSPS) is 19.2. The number of nitrogens with one attached hydrogen (secondary N) is 2. The average Bonchev–Trinajstić information content (AvgIpc) is 2.89. The van der Waals surface area contributed by atoms with Crippen LogP contribution in [0.15, 0.2) is 6.33 Å². The lowest BCUT2D eigenvalue weighted by Crippen LogP contribution is -2.49. The molecule has 0 saturated carbocycles. The van der Waals surface area contributed by atoms with Crippen molar-refractivity contribution in [3.8, 4) is 0 Å². The summed E-state index contributed by atoms with van der Waals surface area (Å²) in [6.45, 7) is 0.856. The molecule has 3 N–H and O–H groups in total. The lowest BCUT2D eigenvalue weighted by Gasteiger charge is -2.34. The van der Waals surface area contributed by atoms with Gasteiger partial charge in [0.1, 0.15) is 12.2 Å². The molecule has 1 atom stereocenters. The van der Waals surface area contributed by atoms with Crippen molar-refractivity contribution in [1.29, 1.82) is 0 Å². The van der Waals surface area contributed by atoms with Crippen LogP contribution in [-0.4, -0.2) is 49.8 Å². The molecule has 2 amide bonds. The second-order valence-corrected chi connectivity index (χ2v) is 4.53. The lowest BCUT2D eigenvalue weighted by molar-refractivity contribution is -0.138. The molecule has 0 radical (unpaired) electrons. The Bertz CT molecular complexity index is 434. The third-order valence-corrected chi connectivity index (χ3v) is 3.17. The van der Waals surface area contributed by atoms with E-state index in [1.165, 1.54) is 6.33 Å². The van der Waals surface area contributed by atoms with Crippen molar-refractivity contribution in [2.24, 2.45) is 0 Å². The number of rotatable bonds is 4. The molecular weight excluding hydrogens is 250 g/mol. The number of likely N-dealkylation sites (tertiary alicyclic amines) is 1. The topological polar surface area (TPSA) is 111 Å². The predicted molar refractivity (Wildman–Crippen MR) is 65.2 cm³/mol. The van der Waals surface area contributed by atoms with E-state index in [0.29, 0.717) is 12.4 Å². The first kappa shape index (κ1) is 13.3. The average molecular weight is 267 g/mol. The first-order valence-electron chi connectivity index (χ1n) is 6.27. The van der Waals surface area contributed by atoms with Crippen LogP contribution in [0.25, 0.3) is 0 Å². The molecule has 2 heterocycles. The second kappa shape index (κ2) is 6.17. The van der Waals surface area contributed by atoms with Gasteiger partial charge in [-0.2, -0.15) is 5.10 Å². The highest BCUT2D eigenvalue weighted by molar-refractivity contribution is 5.76. The van der Waals surface area contributed by atoms with Gasteiger partial charge in [-0.25, -0.2) is 9.78 Å². The first-order chi connectivity index (χ1) is 9.16. The zero-order valence-electron chi connectivity index (χ0n) is 10.5. The van der Waals surface area contributed by atoms with Crippen LogP contribution in [0.2, 0.25) is 0 Å². The first-order valence-corrected chi connectivity index (χ1v) is 6.27. The molecule has 0 aliphatic carbocycles. The lowest BCUT2D eigenvalue weighted by atomic mass is 10.00. The molecule has 8 nitrogen and oxygen atoms in total. The highest BCUT2D eigenvalue weighted by atomic mass is 16.4. The van der Waals surface area contributed by atoms with Gasteiger partial charge < -0.3 is 15.3 Å². The number of amides is 2. The van der Waals surface area contributed by atoms with E-state index in [4.69, 9.17) is 5.11 Å². The number of urea groups is 1. The van der Waals surface area contributed by atoms with Gasteiger partial charge in [0.15, 0.2) is 0 Å². The molecular formula is C11H17N5O3. The number of aromatic nitrogens is 3. The van der Waals surface area contributed by atoms with E-state index < -0.39 is 5.97 Å². The minimum atomic E-state index is -0.875. The third kappa shape index (κ3) is 3.67. The quantitative estimate of drug-likeness (QED) is 0.728. The molecule has 0 spiro atoms. The van der Waals surface area contributed by atoms with Crippen molar-refractivity contribution in [2.75, 3.05) is 6.54 Å². The Morgan fingerprint density at radius 2 is 2.37 bits per heavy atom. The Morgan fingerprint density at radius 1 is 1.53 bits per heavy atom. The predicted octanol–water partition coefficient (Wildman–Crippen LogP) is 0.343. The van der Waals surface area contributed by atoms with E-state index in [2.05, 4.69) is 20.5 Å². The zero-order chi connectivity index (χ0) is 13.7. The number of hydrogen-bond donors (Lipinski definition) is 3. The summed E-state index contributed by atoms with van der Waals surface area (Å²) >= 11 is 0. The number of nitrogens with zero attached hydrogens (tertiary/aromatic N) is 3. The molecule has 1 fully saturated rings. The van der Waals surface area contributed by atoms with Gasteiger partial charge in [0.25, 0.3) is 0 Å². The summed E-state index contributed by atoms with van der Waals surface area (Å²) in [7, 11) is 0. The Kier molecular flexibility index (Phi) is 4.32. The van der Waals surface area contributed by atoms with Crippen molar-refractivity contribution < 1.29 is 14.7 Å². The number of aliphatic carboxylic acids is 1. The van der Waals surface area contributed by atoms with Crippen LogP contribution in [0.4, 0.5) is 4.79 Å². The fourth-order valence-electron chi connectivity index (χ4n) is 2.26. The molecule has 19 heavy (non-hydrogen) atoms. The molecule has 1 aromatic rings. The molecule has 1 unspecified atom stereocenters. The summed E-state index contributed by atoms with van der Waals surface area (Å²) in [5.74, 6) is -0.305. The summed E-state index contributed by atoms with van der Waals surface area (Å²) in [4.78, 5) is 28.4. The molecule has 0 aromatic carbocycles. The van der Waals surface area contributed by atoms with Crippen LogP contribution in [0.3, 0.4) is 0 Å². The van der Waals surface area contributed by atoms with E-state index >= 15 is 0 Å². The Labute approximate surface area is 110 Å². The standard InChI is InChI=1S/C11H17N5O3/c17-10(18)5-8-3-1-2-4-16(8)11(19)12-6-9-13-7-14-15-9/h7-8H,1-6H2,(H,12,19)(H,17,18)(H,13,14,15). The van der Waals surface area contributed by atoms with Gasteiger partial charge in [0.2, 0.25) is 0 Å². The Morgan fingerprint density at radius 3 is 3.05 bits per heavy atom. The van der Waals surface area contributed by atoms with Gasteiger partial charge >= 0.3 is 12.0 Å². The number of aromatic amines is 1. The van der Waals surface area contributed by atoms with Crippen molar-refractivity contribution in [3.05, 3.63) is 12.2 Å². The second-order valence-electron chi connectivity index (χ2n) is 4.53. The SMILES string of the molecule is O=C(O)CC1CCCCN1C(=O)NCc1ncn[nH]1. The summed E-state index contributed by atoms with van der Waals surface area (Å²) in [6.07, 6.45) is 3.98. The number of piperidine rings is 1. The van der Waals surface area contributed by atoms with Gasteiger partial charge in [-0.05, 0) is 19.3 Å². The van der Waals surface area contributed by atoms with Crippen LogP contribution in [-0.2, 0) is 11.3 Å². The van der Waals surface area contributed by atoms with Crippen LogP contribution in [0.1, 0.15) is 31.5 Å². The summed E-state index contributed by atoms with van der Waals surface area (Å²) < 4.78 is 0. The van der Waals surface area contributed by atoms with Crippen molar-refractivity contribution in [3.63, 3.8) is 0 Å². The van der Waals surface area contributed by atoms with E-state index in [9.17, 15) is 9.59 Å². The van der Waals surface area contributed by atoms with E-state index in [0.717, 1.165) is 19.3 Å². The molecule has 0 bridgehead atoms. The maximum absolute atomic E-state index is 12.0. The maximum atomic E-state index is 12.0. The molecule has 104 valence electrons. The number of hydrogen-bond acceptors (Lipinski definition) is 4. The molecule has 2 rings (SSSR count). The monoisotopic (exact) mass is 267 g/mol. The van der Waals surface area contributed by atoms with Crippen molar-refractivity contribution in [1.82, 2.24) is 25.4 Å². The van der Waals surface area contributed by atoms with Crippen LogP contribution in [0.5, 0.6) is 0 Å². The fraction of sp³-hybridized carbons (Fsp3) is 0.636. The Hall–Kier alpha value is -2.12. The smallest absolute Gasteiger partial charge is 0.318 e. The molecule has 1 aliphatic rings. The minimum absolute atomic E-state index is 0.00424. The van der Waals surface area contributed by atoms with Crippen LogP contribution in [0, 0.1) is 0 Å². The highest BCUT2D eigenvalue weighted by Crippen LogP contribution is 2.19. The van der Waals surface area contributed by atoms with Gasteiger partial charge in [-0.1, -0.05) is 0 Å². The molecule has 1 aromatic heterocycles. The van der Waals surface area contributed by atoms with E-state index in [1.807, 2.05) is 0 Å².